The monoisotopic (exact) mass is 335 g/mol. The molecule has 1 aromatic carbocycles. The topological polar surface area (TPSA) is 53.5 Å². The Hall–Kier alpha value is -1.92. The van der Waals surface area contributed by atoms with Crippen molar-refractivity contribution in [3.8, 4) is 0 Å². The van der Waals surface area contributed by atoms with Crippen molar-refractivity contribution >= 4 is 39.9 Å². The quantitative estimate of drug-likeness (QED) is 0.863. The van der Waals surface area contributed by atoms with Crippen LogP contribution in [0, 0.1) is 0 Å². The highest BCUT2D eigenvalue weighted by molar-refractivity contribution is 7.13. The van der Waals surface area contributed by atoms with Crippen molar-refractivity contribution in [3.63, 3.8) is 0 Å². The summed E-state index contributed by atoms with van der Waals surface area (Å²) in [6.45, 7) is 0.890. The number of thiazole rings is 1. The maximum atomic E-state index is 12.8. The molecule has 0 N–H and O–H groups in total. The smallest absolute Gasteiger partial charge is 0.261 e. The van der Waals surface area contributed by atoms with E-state index in [1.165, 1.54) is 16.2 Å². The molecule has 1 aliphatic rings. The van der Waals surface area contributed by atoms with Gasteiger partial charge in [-0.25, -0.2) is 4.98 Å². The molecule has 0 saturated carbocycles. The van der Waals surface area contributed by atoms with Crippen LogP contribution >= 0.6 is 22.9 Å². The first-order valence-electron chi connectivity index (χ1n) is 6.90. The van der Waals surface area contributed by atoms with E-state index in [1.54, 1.807) is 40.7 Å². The summed E-state index contributed by atoms with van der Waals surface area (Å²) in [7, 11) is 0. The van der Waals surface area contributed by atoms with E-state index in [0.29, 0.717) is 28.7 Å². The molecule has 0 radical (unpaired) electrons. The highest BCUT2D eigenvalue weighted by Crippen LogP contribution is 2.23. The number of likely N-dealkylation sites (tertiary alicyclic amines) is 1. The van der Waals surface area contributed by atoms with Gasteiger partial charge in [-0.3, -0.25) is 14.5 Å². The molecule has 22 heavy (non-hydrogen) atoms. The highest BCUT2D eigenvalue weighted by atomic mass is 35.5. The maximum absolute atomic E-state index is 12.8. The molecule has 5 nitrogen and oxygen atoms in total. The van der Waals surface area contributed by atoms with Crippen LogP contribution in [0.25, 0.3) is 0 Å². The zero-order valence-corrected chi connectivity index (χ0v) is 13.3. The minimum Gasteiger partial charge on any atom is -0.324 e. The van der Waals surface area contributed by atoms with E-state index in [4.69, 9.17) is 11.6 Å². The molecule has 0 aliphatic carbocycles. The van der Waals surface area contributed by atoms with Gasteiger partial charge >= 0.3 is 0 Å². The summed E-state index contributed by atoms with van der Waals surface area (Å²) < 4.78 is 0. The summed E-state index contributed by atoms with van der Waals surface area (Å²) in [6, 6.07) is 6.78. The molecule has 3 rings (SSSR count). The number of carbonyl (C=O) groups excluding carboxylic acids is 2. The molecular weight excluding hydrogens is 322 g/mol. The minimum atomic E-state index is -0.211. The Labute approximate surface area is 137 Å². The van der Waals surface area contributed by atoms with Crippen LogP contribution < -0.4 is 4.90 Å². The average molecular weight is 336 g/mol. The van der Waals surface area contributed by atoms with Gasteiger partial charge in [0.05, 0.1) is 0 Å². The molecule has 2 aromatic rings. The molecule has 1 aromatic heterocycles. The number of anilines is 1. The Balaban J connectivity index is 1.88. The summed E-state index contributed by atoms with van der Waals surface area (Å²) in [5.74, 6) is -0.141. The van der Waals surface area contributed by atoms with E-state index in [9.17, 15) is 9.59 Å². The van der Waals surface area contributed by atoms with E-state index in [1.807, 2.05) is 0 Å². The normalized spacial score (nSPS) is 14.4. The van der Waals surface area contributed by atoms with E-state index in [-0.39, 0.29) is 18.5 Å². The number of benzene rings is 1. The Morgan fingerprint density at radius 1 is 1.45 bits per heavy atom. The van der Waals surface area contributed by atoms with Crippen molar-refractivity contribution in [1.29, 1.82) is 0 Å². The molecule has 0 atom stereocenters. The first kappa shape index (κ1) is 15.0. The third-order valence-electron chi connectivity index (χ3n) is 3.45. The number of hydrogen-bond acceptors (Lipinski definition) is 4. The Morgan fingerprint density at radius 3 is 2.95 bits per heavy atom. The number of nitrogens with zero attached hydrogens (tertiary/aromatic N) is 3. The van der Waals surface area contributed by atoms with Crippen molar-refractivity contribution in [3.05, 3.63) is 46.4 Å². The fourth-order valence-electron chi connectivity index (χ4n) is 2.36. The second-order valence-corrected chi connectivity index (χ2v) is 6.27. The van der Waals surface area contributed by atoms with Gasteiger partial charge in [0.15, 0.2) is 5.13 Å². The van der Waals surface area contributed by atoms with Crippen molar-refractivity contribution in [2.24, 2.45) is 0 Å². The van der Waals surface area contributed by atoms with Gasteiger partial charge in [-0.2, -0.15) is 0 Å². The number of aromatic nitrogens is 1. The van der Waals surface area contributed by atoms with Gasteiger partial charge in [-0.05, 0) is 24.6 Å². The van der Waals surface area contributed by atoms with Crippen molar-refractivity contribution in [2.45, 2.75) is 12.8 Å². The molecule has 7 heteroatoms. The van der Waals surface area contributed by atoms with E-state index >= 15 is 0 Å². The molecule has 0 unspecified atom stereocenters. The highest BCUT2D eigenvalue weighted by Gasteiger charge is 2.27. The standard InChI is InChI=1S/C15H14ClN3O2S/c16-12-4-1-3-11(9-12)14(21)19(15-17-6-8-22-15)10-18-7-2-5-13(18)20/h1,3-4,6,8-9H,2,5,7,10H2. The van der Waals surface area contributed by atoms with Crippen molar-refractivity contribution in [2.75, 3.05) is 18.1 Å². The molecule has 2 amide bonds. The number of halogens is 1. The molecule has 1 saturated heterocycles. The van der Waals surface area contributed by atoms with Crippen molar-refractivity contribution in [1.82, 2.24) is 9.88 Å². The summed E-state index contributed by atoms with van der Waals surface area (Å²) in [4.78, 5) is 32.0. The van der Waals surface area contributed by atoms with Crippen LogP contribution in [0.15, 0.2) is 35.8 Å². The van der Waals surface area contributed by atoms with Crippen LogP contribution in [-0.4, -0.2) is 34.9 Å². The van der Waals surface area contributed by atoms with Crippen LogP contribution in [0.5, 0.6) is 0 Å². The molecular formula is C15H14ClN3O2S. The largest absolute Gasteiger partial charge is 0.324 e. The molecule has 1 fully saturated rings. The second kappa shape index (κ2) is 6.46. The Morgan fingerprint density at radius 2 is 2.32 bits per heavy atom. The van der Waals surface area contributed by atoms with Gasteiger partial charge in [0.25, 0.3) is 5.91 Å². The van der Waals surface area contributed by atoms with Gasteiger partial charge in [0, 0.05) is 35.1 Å². The lowest BCUT2D eigenvalue weighted by molar-refractivity contribution is -0.127. The van der Waals surface area contributed by atoms with Gasteiger partial charge in [0.1, 0.15) is 6.67 Å². The predicted molar refractivity (Wildman–Crippen MR) is 86.2 cm³/mol. The fourth-order valence-corrected chi connectivity index (χ4v) is 3.19. The van der Waals surface area contributed by atoms with E-state index in [2.05, 4.69) is 4.98 Å². The lowest BCUT2D eigenvalue weighted by Crippen LogP contribution is -2.42. The summed E-state index contributed by atoms with van der Waals surface area (Å²) in [5.41, 5.74) is 0.481. The van der Waals surface area contributed by atoms with Gasteiger partial charge < -0.3 is 4.90 Å². The number of rotatable bonds is 4. The number of hydrogen-bond donors (Lipinski definition) is 0. The third-order valence-corrected chi connectivity index (χ3v) is 4.48. The van der Waals surface area contributed by atoms with Crippen LogP contribution in [-0.2, 0) is 4.79 Å². The van der Waals surface area contributed by atoms with E-state index < -0.39 is 0 Å². The minimum absolute atomic E-state index is 0.0699. The molecule has 0 spiro atoms. The molecule has 114 valence electrons. The van der Waals surface area contributed by atoms with Crippen LogP contribution in [0.1, 0.15) is 23.2 Å². The van der Waals surface area contributed by atoms with Crippen LogP contribution in [0.3, 0.4) is 0 Å². The number of carbonyl (C=O) groups is 2. The zero-order valence-electron chi connectivity index (χ0n) is 11.7. The van der Waals surface area contributed by atoms with Gasteiger partial charge in [-0.1, -0.05) is 17.7 Å². The maximum Gasteiger partial charge on any atom is 0.261 e. The van der Waals surface area contributed by atoms with Crippen LogP contribution in [0.4, 0.5) is 5.13 Å². The van der Waals surface area contributed by atoms with Gasteiger partial charge in [-0.15, -0.1) is 11.3 Å². The average Bonchev–Trinajstić information content (AvgIpc) is 3.16. The first-order chi connectivity index (χ1) is 10.6. The molecule has 2 heterocycles. The van der Waals surface area contributed by atoms with Gasteiger partial charge in [0.2, 0.25) is 5.91 Å². The predicted octanol–water partition coefficient (Wildman–Crippen LogP) is 3.02. The molecule has 0 bridgehead atoms. The zero-order chi connectivity index (χ0) is 15.5. The Kier molecular flexibility index (Phi) is 4.40. The second-order valence-electron chi connectivity index (χ2n) is 4.96. The van der Waals surface area contributed by atoms with Crippen LogP contribution in [0.2, 0.25) is 5.02 Å². The fraction of sp³-hybridized carbons (Fsp3) is 0.267. The lowest BCUT2D eigenvalue weighted by Gasteiger charge is -2.26. The third kappa shape index (κ3) is 3.13. The summed E-state index contributed by atoms with van der Waals surface area (Å²) in [6.07, 6.45) is 3.01. The first-order valence-corrected chi connectivity index (χ1v) is 8.15. The van der Waals surface area contributed by atoms with Crippen molar-refractivity contribution < 1.29 is 9.59 Å². The summed E-state index contributed by atoms with van der Waals surface area (Å²) >= 11 is 7.33. The van der Waals surface area contributed by atoms with E-state index in [0.717, 1.165) is 6.42 Å². The SMILES string of the molecule is O=C1CCCN1CN(C(=O)c1cccc(Cl)c1)c1nccs1. The Bertz CT molecular complexity index is 690. The lowest BCUT2D eigenvalue weighted by atomic mass is 10.2. The summed E-state index contributed by atoms with van der Waals surface area (Å²) in [5, 5.41) is 2.88. The molecule has 1 aliphatic heterocycles. The number of amides is 2.